The third-order valence-corrected chi connectivity index (χ3v) is 3.23. The predicted octanol–water partition coefficient (Wildman–Crippen LogP) is 4.00. The van der Waals surface area contributed by atoms with Crippen LogP contribution in [0.3, 0.4) is 0 Å². The molecule has 0 spiro atoms. The van der Waals surface area contributed by atoms with Crippen LogP contribution in [0.4, 0.5) is 0 Å². The van der Waals surface area contributed by atoms with Crippen LogP contribution < -0.4 is 0 Å². The Morgan fingerprint density at radius 3 is 2.53 bits per heavy atom. The molecule has 0 aliphatic carbocycles. The largest absolute Gasteiger partial charge is 0.506 e. The van der Waals surface area contributed by atoms with E-state index in [2.05, 4.69) is 22.0 Å². The topological polar surface area (TPSA) is 44.0 Å². The number of aromatic hydroxyl groups is 1. The number of phenolic OH excluding ortho intramolecular Hbond substituents is 1. The maximum Gasteiger partial charge on any atom is 0.137 e. The highest BCUT2D eigenvalue weighted by molar-refractivity contribution is 9.10. The van der Waals surface area contributed by atoms with Crippen LogP contribution in [0.2, 0.25) is 0 Å². The van der Waals surface area contributed by atoms with Gasteiger partial charge < -0.3 is 5.11 Å². The van der Waals surface area contributed by atoms with E-state index >= 15 is 0 Å². The van der Waals surface area contributed by atoms with Crippen molar-refractivity contribution in [3.63, 3.8) is 0 Å². The van der Waals surface area contributed by atoms with E-state index in [0.29, 0.717) is 15.6 Å². The van der Waals surface area contributed by atoms with Crippen molar-refractivity contribution in [1.82, 2.24) is 0 Å². The van der Waals surface area contributed by atoms with E-state index in [0.717, 1.165) is 11.1 Å². The number of hydrogen-bond acceptors (Lipinski definition) is 2. The smallest absolute Gasteiger partial charge is 0.137 e. The van der Waals surface area contributed by atoms with Crippen LogP contribution in [0.15, 0.2) is 40.9 Å². The number of rotatable bonds is 1. The lowest BCUT2D eigenvalue weighted by Crippen LogP contribution is -1.86. The maximum absolute atomic E-state index is 10.0. The molecule has 1 N–H and O–H groups in total. The monoisotopic (exact) mass is 287 g/mol. The molecule has 0 bridgehead atoms. The Balaban J connectivity index is 2.72. The van der Waals surface area contributed by atoms with Gasteiger partial charge in [-0.25, -0.2) is 0 Å². The summed E-state index contributed by atoms with van der Waals surface area (Å²) in [7, 11) is 0. The third-order valence-electron chi connectivity index (χ3n) is 2.63. The van der Waals surface area contributed by atoms with Crippen LogP contribution in [0.1, 0.15) is 11.1 Å². The van der Waals surface area contributed by atoms with Crippen molar-refractivity contribution in [3.05, 3.63) is 52.0 Å². The summed E-state index contributed by atoms with van der Waals surface area (Å²) in [6, 6.07) is 13.1. The average molecular weight is 288 g/mol. The molecule has 0 aromatic heterocycles. The molecule has 84 valence electrons. The van der Waals surface area contributed by atoms with E-state index in [1.165, 1.54) is 0 Å². The van der Waals surface area contributed by atoms with Gasteiger partial charge in [0.2, 0.25) is 0 Å². The zero-order valence-electron chi connectivity index (χ0n) is 9.24. The zero-order valence-corrected chi connectivity index (χ0v) is 10.8. The molecule has 2 nitrogen and oxygen atoms in total. The lowest BCUT2D eigenvalue weighted by Gasteiger charge is -2.09. The Morgan fingerprint density at radius 1 is 1.18 bits per heavy atom. The second kappa shape index (κ2) is 4.60. The number of benzene rings is 2. The summed E-state index contributed by atoms with van der Waals surface area (Å²) in [4.78, 5) is 0. The molecule has 3 heteroatoms. The van der Waals surface area contributed by atoms with Crippen molar-refractivity contribution < 1.29 is 5.11 Å². The van der Waals surface area contributed by atoms with Crippen LogP contribution in [-0.4, -0.2) is 5.11 Å². The van der Waals surface area contributed by atoms with Gasteiger partial charge in [0.15, 0.2) is 0 Å². The molecule has 0 amide bonds. The molecule has 2 rings (SSSR count). The molecule has 0 saturated carbocycles. The number of nitriles is 1. The van der Waals surface area contributed by atoms with Gasteiger partial charge >= 0.3 is 0 Å². The van der Waals surface area contributed by atoms with E-state index in [-0.39, 0.29) is 5.75 Å². The molecular formula is C14H10BrNO. The molecule has 2 aromatic rings. The Morgan fingerprint density at radius 2 is 1.88 bits per heavy atom. The van der Waals surface area contributed by atoms with E-state index in [1.807, 2.05) is 31.2 Å². The normalized spacial score (nSPS) is 9.94. The molecule has 2 aromatic carbocycles. The van der Waals surface area contributed by atoms with Gasteiger partial charge in [-0.3, -0.25) is 0 Å². The number of hydrogen-bond donors (Lipinski definition) is 1. The fourth-order valence-corrected chi connectivity index (χ4v) is 2.20. The lowest BCUT2D eigenvalue weighted by atomic mass is 9.98. The first kappa shape index (κ1) is 11.7. The van der Waals surface area contributed by atoms with Crippen molar-refractivity contribution in [1.29, 1.82) is 5.26 Å². The SMILES string of the molecule is Cc1ccccc1-c1cc(C#N)cc(Br)c1O. The van der Waals surface area contributed by atoms with Crippen molar-refractivity contribution in [2.75, 3.05) is 0 Å². The van der Waals surface area contributed by atoms with E-state index in [1.54, 1.807) is 12.1 Å². The molecule has 0 saturated heterocycles. The van der Waals surface area contributed by atoms with Crippen molar-refractivity contribution in [2.24, 2.45) is 0 Å². The van der Waals surface area contributed by atoms with Crippen molar-refractivity contribution >= 4 is 15.9 Å². The van der Waals surface area contributed by atoms with Gasteiger partial charge in [-0.15, -0.1) is 0 Å². The number of phenols is 1. The summed E-state index contributed by atoms with van der Waals surface area (Å²) in [6.07, 6.45) is 0. The highest BCUT2D eigenvalue weighted by Gasteiger charge is 2.11. The molecule has 0 atom stereocenters. The van der Waals surface area contributed by atoms with E-state index in [9.17, 15) is 5.11 Å². The van der Waals surface area contributed by atoms with Gasteiger partial charge in [0.25, 0.3) is 0 Å². The quantitative estimate of drug-likeness (QED) is 0.861. The second-order valence-electron chi connectivity index (χ2n) is 3.78. The van der Waals surface area contributed by atoms with Gasteiger partial charge in [-0.05, 0) is 46.1 Å². The zero-order chi connectivity index (χ0) is 12.4. The highest BCUT2D eigenvalue weighted by Crippen LogP contribution is 2.37. The van der Waals surface area contributed by atoms with E-state index < -0.39 is 0 Å². The van der Waals surface area contributed by atoms with Crippen LogP contribution in [0.25, 0.3) is 11.1 Å². The van der Waals surface area contributed by atoms with Gasteiger partial charge in [-0.1, -0.05) is 24.3 Å². The van der Waals surface area contributed by atoms with Gasteiger partial charge in [0, 0.05) is 5.56 Å². The van der Waals surface area contributed by atoms with Gasteiger partial charge in [0.05, 0.1) is 16.1 Å². The summed E-state index contributed by atoms with van der Waals surface area (Å²) in [5.41, 5.74) is 3.19. The Hall–Kier alpha value is -1.79. The Labute approximate surface area is 108 Å². The first-order valence-electron chi connectivity index (χ1n) is 5.12. The highest BCUT2D eigenvalue weighted by atomic mass is 79.9. The summed E-state index contributed by atoms with van der Waals surface area (Å²) in [5.74, 6) is 0.165. The van der Waals surface area contributed by atoms with Crippen LogP contribution in [0, 0.1) is 18.3 Å². The number of aryl methyl sites for hydroxylation is 1. The van der Waals surface area contributed by atoms with Crippen LogP contribution in [-0.2, 0) is 0 Å². The molecular weight excluding hydrogens is 278 g/mol. The first-order chi connectivity index (χ1) is 8.13. The number of nitrogens with zero attached hydrogens (tertiary/aromatic N) is 1. The van der Waals surface area contributed by atoms with Gasteiger partial charge in [0.1, 0.15) is 5.75 Å². The lowest BCUT2D eigenvalue weighted by molar-refractivity contribution is 0.474. The molecule has 0 fully saturated rings. The average Bonchev–Trinajstić information content (AvgIpc) is 2.33. The van der Waals surface area contributed by atoms with Gasteiger partial charge in [-0.2, -0.15) is 5.26 Å². The summed E-state index contributed by atoms with van der Waals surface area (Å²) in [6.45, 7) is 1.97. The fourth-order valence-electron chi connectivity index (χ4n) is 1.74. The second-order valence-corrected chi connectivity index (χ2v) is 4.64. The maximum atomic E-state index is 10.0. The fraction of sp³-hybridized carbons (Fsp3) is 0.0714. The molecule has 0 unspecified atom stereocenters. The number of halogens is 1. The predicted molar refractivity (Wildman–Crippen MR) is 70.7 cm³/mol. The molecule has 0 radical (unpaired) electrons. The molecule has 0 aliphatic rings. The minimum Gasteiger partial charge on any atom is -0.506 e. The minimum atomic E-state index is 0.165. The summed E-state index contributed by atoms with van der Waals surface area (Å²) >= 11 is 3.26. The minimum absolute atomic E-state index is 0.165. The summed E-state index contributed by atoms with van der Waals surface area (Å²) < 4.78 is 0.537. The van der Waals surface area contributed by atoms with E-state index in [4.69, 9.17) is 5.26 Å². The summed E-state index contributed by atoms with van der Waals surface area (Å²) in [5, 5.41) is 19.0. The van der Waals surface area contributed by atoms with Crippen molar-refractivity contribution in [2.45, 2.75) is 6.92 Å². The molecule has 0 aliphatic heterocycles. The van der Waals surface area contributed by atoms with Crippen molar-refractivity contribution in [3.8, 4) is 22.9 Å². The molecule has 0 heterocycles. The standard InChI is InChI=1S/C14H10BrNO/c1-9-4-2-3-5-11(9)12-6-10(8-16)7-13(15)14(12)17/h2-7,17H,1H3. The molecule has 17 heavy (non-hydrogen) atoms. The third kappa shape index (κ3) is 2.17. The Kier molecular flexibility index (Phi) is 3.16. The van der Waals surface area contributed by atoms with Crippen LogP contribution in [0.5, 0.6) is 5.75 Å². The Bertz CT molecular complexity index is 614. The first-order valence-corrected chi connectivity index (χ1v) is 5.91. The van der Waals surface area contributed by atoms with Crippen LogP contribution >= 0.6 is 15.9 Å².